The fourth-order valence-corrected chi connectivity index (χ4v) is 7.99. The van der Waals surface area contributed by atoms with Gasteiger partial charge in [0, 0.05) is 39.7 Å². The number of allylic oxidation sites excluding steroid dienone is 3. The van der Waals surface area contributed by atoms with Crippen LogP contribution in [0.4, 0.5) is 11.4 Å². The van der Waals surface area contributed by atoms with Gasteiger partial charge < -0.3 is 14.1 Å². The Bertz CT molecular complexity index is 2070. The van der Waals surface area contributed by atoms with Crippen LogP contribution in [0, 0.1) is 0 Å². The molecule has 2 atom stereocenters. The molecule has 3 heteroatoms. The number of hydrogen-bond donors (Lipinski definition) is 0. The normalized spacial score (nSPS) is 21.8. The van der Waals surface area contributed by atoms with Crippen LogP contribution in [0.15, 0.2) is 119 Å². The molecule has 0 spiro atoms. The van der Waals surface area contributed by atoms with Crippen molar-refractivity contribution in [1.29, 1.82) is 0 Å². The molecule has 2 unspecified atom stereocenters. The van der Waals surface area contributed by atoms with Gasteiger partial charge in [0.2, 0.25) is 0 Å². The number of rotatable bonds is 3. The molecule has 1 aliphatic heterocycles. The van der Waals surface area contributed by atoms with Crippen molar-refractivity contribution in [2.75, 3.05) is 4.90 Å². The lowest BCUT2D eigenvalue weighted by molar-refractivity contribution is 0.228. The summed E-state index contributed by atoms with van der Waals surface area (Å²) in [5.41, 5.74) is 12.1. The lowest BCUT2D eigenvalue weighted by atomic mass is 9.75. The van der Waals surface area contributed by atoms with Crippen LogP contribution < -0.4 is 9.64 Å². The SMILES string of the molecule is CC1(C)c2ccccc2-c2ccc(N(C3=Cc4c(oc5ccccc45)CC3)c3cccc4c3C3(C)C=CC=CC3O4)cc21. The van der Waals surface area contributed by atoms with Crippen LogP contribution in [0.3, 0.4) is 0 Å². The Labute approximate surface area is 252 Å². The molecule has 0 saturated carbocycles. The highest BCUT2D eigenvalue weighted by molar-refractivity contribution is 5.92. The van der Waals surface area contributed by atoms with Crippen molar-refractivity contribution in [2.24, 2.45) is 0 Å². The van der Waals surface area contributed by atoms with Crippen LogP contribution >= 0.6 is 0 Å². The van der Waals surface area contributed by atoms with Gasteiger partial charge in [-0.2, -0.15) is 0 Å². The highest BCUT2D eigenvalue weighted by Gasteiger charge is 2.46. The van der Waals surface area contributed by atoms with Crippen molar-refractivity contribution < 1.29 is 9.15 Å². The summed E-state index contributed by atoms with van der Waals surface area (Å²) in [6.07, 6.45) is 12.9. The molecule has 2 heterocycles. The predicted octanol–water partition coefficient (Wildman–Crippen LogP) is 10.0. The molecule has 0 radical (unpaired) electrons. The van der Waals surface area contributed by atoms with Gasteiger partial charge in [-0.25, -0.2) is 0 Å². The number of ether oxygens (including phenoxy) is 1. The smallest absolute Gasteiger partial charge is 0.134 e. The molecule has 3 aliphatic carbocycles. The van der Waals surface area contributed by atoms with Crippen molar-refractivity contribution in [3.05, 3.63) is 143 Å². The van der Waals surface area contributed by atoms with Crippen molar-refractivity contribution in [3.8, 4) is 16.9 Å². The van der Waals surface area contributed by atoms with Crippen molar-refractivity contribution in [1.82, 2.24) is 0 Å². The van der Waals surface area contributed by atoms with Crippen LogP contribution in [0.25, 0.3) is 28.2 Å². The minimum absolute atomic E-state index is 0.0197. The Morgan fingerprint density at radius 2 is 1.63 bits per heavy atom. The Balaban J connectivity index is 1.28. The molecule has 4 aromatic carbocycles. The van der Waals surface area contributed by atoms with Gasteiger partial charge in [0.25, 0.3) is 0 Å². The van der Waals surface area contributed by atoms with Gasteiger partial charge >= 0.3 is 0 Å². The van der Waals surface area contributed by atoms with E-state index in [0.717, 1.165) is 29.9 Å². The molecule has 43 heavy (non-hydrogen) atoms. The van der Waals surface area contributed by atoms with Gasteiger partial charge in [0.05, 0.1) is 11.1 Å². The average Bonchev–Trinajstić information content (AvgIpc) is 3.63. The third kappa shape index (κ3) is 3.36. The molecule has 1 aromatic heterocycles. The monoisotopic (exact) mass is 559 g/mol. The molecule has 9 rings (SSSR count). The molecular weight excluding hydrogens is 526 g/mol. The van der Waals surface area contributed by atoms with Crippen LogP contribution in [-0.4, -0.2) is 6.10 Å². The van der Waals surface area contributed by atoms with E-state index >= 15 is 0 Å². The zero-order chi connectivity index (χ0) is 28.9. The lowest BCUT2D eigenvalue weighted by Crippen LogP contribution is -2.34. The van der Waals surface area contributed by atoms with Crippen molar-refractivity contribution in [2.45, 2.75) is 50.5 Å². The van der Waals surface area contributed by atoms with Gasteiger partial charge in [0.1, 0.15) is 23.2 Å². The summed E-state index contributed by atoms with van der Waals surface area (Å²) in [6.45, 7) is 7.02. The van der Waals surface area contributed by atoms with Gasteiger partial charge in [-0.15, -0.1) is 0 Å². The number of fused-ring (bicyclic) bond motifs is 9. The molecule has 0 saturated heterocycles. The summed E-state index contributed by atoms with van der Waals surface area (Å²) in [5, 5.41) is 1.18. The standard InChI is InChI=1S/C40H33NO2/c1-39(2)31-13-6-4-11-27(31)28-20-18-26(24-32(28)39)41(25-19-21-35-30(23-25)29-12-5-7-15-34(29)42-35)33-14-10-16-36-38(33)40(3)22-9-8-17-37(40)43-36/h4-18,20,22-24,37H,19,21H2,1-3H3. The highest BCUT2D eigenvalue weighted by atomic mass is 16.5. The Hall–Kier alpha value is -4.76. The van der Waals surface area contributed by atoms with Crippen LogP contribution in [0.1, 0.15) is 55.2 Å². The third-order valence-electron chi connectivity index (χ3n) is 10.2. The second-order valence-corrected chi connectivity index (χ2v) is 13.0. The fourth-order valence-electron chi connectivity index (χ4n) is 7.99. The maximum atomic E-state index is 6.58. The maximum absolute atomic E-state index is 6.58. The average molecular weight is 560 g/mol. The summed E-state index contributed by atoms with van der Waals surface area (Å²) in [4.78, 5) is 2.51. The quantitative estimate of drug-likeness (QED) is 0.220. The molecule has 0 N–H and O–H groups in total. The molecular formula is C40H33NO2. The van der Waals surface area contributed by atoms with E-state index in [0.29, 0.717) is 0 Å². The zero-order valence-corrected chi connectivity index (χ0v) is 24.7. The molecule has 0 amide bonds. The van der Waals surface area contributed by atoms with E-state index in [-0.39, 0.29) is 16.9 Å². The molecule has 4 aliphatic rings. The second-order valence-electron chi connectivity index (χ2n) is 13.0. The first kappa shape index (κ1) is 24.8. The number of furan rings is 1. The maximum Gasteiger partial charge on any atom is 0.134 e. The Kier molecular flexibility index (Phi) is 4.98. The van der Waals surface area contributed by atoms with Crippen LogP contribution in [0.5, 0.6) is 5.75 Å². The van der Waals surface area contributed by atoms with Gasteiger partial charge in [-0.1, -0.05) is 86.7 Å². The van der Waals surface area contributed by atoms with E-state index < -0.39 is 0 Å². The summed E-state index contributed by atoms with van der Waals surface area (Å²) in [5.74, 6) is 2.04. The third-order valence-corrected chi connectivity index (χ3v) is 10.2. The zero-order valence-electron chi connectivity index (χ0n) is 24.7. The van der Waals surface area contributed by atoms with Gasteiger partial charge in [0.15, 0.2) is 0 Å². The molecule has 0 bridgehead atoms. The first-order valence-corrected chi connectivity index (χ1v) is 15.4. The minimum Gasteiger partial charge on any atom is -0.485 e. The molecule has 0 fully saturated rings. The molecule has 210 valence electrons. The number of anilines is 2. The van der Waals surface area contributed by atoms with E-state index in [1.165, 1.54) is 55.8 Å². The van der Waals surface area contributed by atoms with E-state index in [1.807, 2.05) is 0 Å². The largest absolute Gasteiger partial charge is 0.485 e. The number of benzene rings is 4. The summed E-state index contributed by atoms with van der Waals surface area (Å²) >= 11 is 0. The summed E-state index contributed by atoms with van der Waals surface area (Å²) in [6, 6.07) is 30.9. The van der Waals surface area contributed by atoms with Crippen LogP contribution in [-0.2, 0) is 17.3 Å². The fraction of sp³-hybridized carbons (Fsp3) is 0.200. The lowest BCUT2D eigenvalue weighted by Gasteiger charge is -2.35. The van der Waals surface area contributed by atoms with E-state index in [2.05, 4.69) is 141 Å². The first-order valence-electron chi connectivity index (χ1n) is 15.4. The van der Waals surface area contributed by atoms with Crippen LogP contribution in [0.2, 0.25) is 0 Å². The predicted molar refractivity (Wildman–Crippen MR) is 175 cm³/mol. The molecule has 5 aromatic rings. The summed E-state index contributed by atoms with van der Waals surface area (Å²) < 4.78 is 12.9. The topological polar surface area (TPSA) is 25.6 Å². The van der Waals surface area contributed by atoms with Crippen molar-refractivity contribution in [3.63, 3.8) is 0 Å². The Morgan fingerprint density at radius 3 is 2.56 bits per heavy atom. The van der Waals surface area contributed by atoms with Gasteiger partial charge in [-0.05, 0) is 78.1 Å². The number of hydrogen-bond acceptors (Lipinski definition) is 3. The first-order chi connectivity index (χ1) is 20.9. The van der Waals surface area contributed by atoms with E-state index in [1.54, 1.807) is 0 Å². The molecule has 3 nitrogen and oxygen atoms in total. The van der Waals surface area contributed by atoms with Gasteiger partial charge in [-0.3, -0.25) is 0 Å². The minimum atomic E-state index is -0.256. The number of aryl methyl sites for hydroxylation is 1. The number of nitrogens with zero attached hydrogens (tertiary/aromatic N) is 1. The van der Waals surface area contributed by atoms with E-state index in [9.17, 15) is 0 Å². The highest BCUT2D eigenvalue weighted by Crippen LogP contribution is 2.54. The second kappa shape index (κ2) is 8.64. The Morgan fingerprint density at radius 1 is 0.791 bits per heavy atom. The van der Waals surface area contributed by atoms with Crippen molar-refractivity contribution >= 4 is 28.4 Å². The summed E-state index contributed by atoms with van der Waals surface area (Å²) in [7, 11) is 0. The number of para-hydroxylation sites is 1. The van der Waals surface area contributed by atoms with E-state index in [4.69, 9.17) is 9.15 Å².